The average Bonchev–Trinajstić information content (AvgIpc) is 2.54. The summed E-state index contributed by atoms with van der Waals surface area (Å²) in [5.74, 6) is 0.262. The third-order valence-corrected chi connectivity index (χ3v) is 2.55. The maximum Gasteiger partial charge on any atom is 0.259 e. The van der Waals surface area contributed by atoms with Crippen LogP contribution in [0.25, 0.3) is 0 Å². The van der Waals surface area contributed by atoms with Crippen LogP contribution in [0, 0.1) is 0 Å². The van der Waals surface area contributed by atoms with Gasteiger partial charge in [0.1, 0.15) is 17.9 Å². The lowest BCUT2D eigenvalue weighted by Gasteiger charge is -2.16. The van der Waals surface area contributed by atoms with Crippen LogP contribution in [0.3, 0.4) is 0 Å². The normalized spacial score (nSPS) is 16.7. The second-order valence-electron chi connectivity index (χ2n) is 3.62. The zero-order chi connectivity index (χ0) is 11.2. The van der Waals surface area contributed by atoms with Crippen molar-refractivity contribution in [1.82, 2.24) is 14.7 Å². The molecular formula is C9H12N4O2. The van der Waals surface area contributed by atoms with Gasteiger partial charge in [-0.15, -0.1) is 0 Å². The highest BCUT2D eigenvalue weighted by atomic mass is 16.2. The molecule has 2 amide bonds. The molecule has 0 saturated heterocycles. The summed E-state index contributed by atoms with van der Waals surface area (Å²) in [5, 5.41) is 3.98. The Labute approximate surface area is 87.1 Å². The molecule has 15 heavy (non-hydrogen) atoms. The molecule has 0 radical (unpaired) electrons. The number of anilines is 1. The summed E-state index contributed by atoms with van der Waals surface area (Å²) in [4.78, 5) is 26.4. The Morgan fingerprint density at radius 1 is 1.27 bits per heavy atom. The molecule has 0 bridgehead atoms. The number of carbonyl (C=O) groups excluding carboxylic acids is 2. The summed E-state index contributed by atoms with van der Waals surface area (Å²) in [6.07, 6.45) is 1.49. The summed E-state index contributed by atoms with van der Waals surface area (Å²) in [5.41, 5.74) is 0.466. The third-order valence-electron chi connectivity index (χ3n) is 2.55. The zero-order valence-corrected chi connectivity index (χ0v) is 8.89. The Bertz CT molecular complexity index is 437. The minimum absolute atomic E-state index is 0.101. The first-order valence-electron chi connectivity index (χ1n) is 4.56. The van der Waals surface area contributed by atoms with Gasteiger partial charge >= 0.3 is 0 Å². The van der Waals surface area contributed by atoms with Crippen LogP contribution < -0.4 is 4.90 Å². The molecular weight excluding hydrogens is 196 g/mol. The van der Waals surface area contributed by atoms with Crippen LogP contribution in [0.5, 0.6) is 0 Å². The maximum absolute atomic E-state index is 11.8. The topological polar surface area (TPSA) is 58.4 Å². The van der Waals surface area contributed by atoms with E-state index >= 15 is 0 Å². The molecule has 1 aromatic heterocycles. The lowest BCUT2D eigenvalue weighted by Crippen LogP contribution is -2.35. The van der Waals surface area contributed by atoms with Crippen LogP contribution in [-0.2, 0) is 11.8 Å². The smallest absolute Gasteiger partial charge is 0.259 e. The molecule has 1 aliphatic rings. The quantitative estimate of drug-likeness (QED) is 0.576. The van der Waals surface area contributed by atoms with Crippen LogP contribution in [-0.4, -0.2) is 47.1 Å². The number of aromatic nitrogens is 2. The van der Waals surface area contributed by atoms with Crippen molar-refractivity contribution in [3.05, 3.63) is 11.8 Å². The van der Waals surface area contributed by atoms with Gasteiger partial charge in [-0.25, -0.2) is 0 Å². The molecule has 0 N–H and O–H groups in total. The van der Waals surface area contributed by atoms with E-state index in [0.717, 1.165) is 0 Å². The fourth-order valence-corrected chi connectivity index (χ4v) is 1.68. The van der Waals surface area contributed by atoms with Gasteiger partial charge in [-0.2, -0.15) is 5.10 Å². The predicted molar refractivity (Wildman–Crippen MR) is 53.6 cm³/mol. The highest BCUT2D eigenvalue weighted by Gasteiger charge is 2.30. The van der Waals surface area contributed by atoms with Crippen LogP contribution in [0.2, 0.25) is 0 Å². The van der Waals surface area contributed by atoms with Gasteiger partial charge < -0.3 is 4.90 Å². The first kappa shape index (κ1) is 9.70. The van der Waals surface area contributed by atoms with Crippen molar-refractivity contribution in [1.29, 1.82) is 0 Å². The van der Waals surface area contributed by atoms with Gasteiger partial charge in [0.2, 0.25) is 5.91 Å². The van der Waals surface area contributed by atoms with E-state index in [1.807, 2.05) is 0 Å². The van der Waals surface area contributed by atoms with Crippen molar-refractivity contribution in [2.75, 3.05) is 25.5 Å². The van der Waals surface area contributed by atoms with E-state index in [2.05, 4.69) is 5.10 Å². The van der Waals surface area contributed by atoms with Crippen LogP contribution in [0.4, 0.5) is 5.82 Å². The number of carbonyl (C=O) groups is 2. The minimum atomic E-state index is -0.171. The number of aryl methyl sites for hydroxylation is 1. The summed E-state index contributed by atoms with van der Waals surface area (Å²) in [7, 11) is 4.96. The molecule has 6 nitrogen and oxygen atoms in total. The fourth-order valence-electron chi connectivity index (χ4n) is 1.68. The lowest BCUT2D eigenvalue weighted by molar-refractivity contribution is -0.118. The highest BCUT2D eigenvalue weighted by molar-refractivity contribution is 6.08. The van der Waals surface area contributed by atoms with Gasteiger partial charge in [0.15, 0.2) is 0 Å². The van der Waals surface area contributed by atoms with E-state index in [9.17, 15) is 9.59 Å². The van der Waals surface area contributed by atoms with Gasteiger partial charge in [0.05, 0.1) is 6.20 Å². The van der Waals surface area contributed by atoms with Gasteiger partial charge in [0, 0.05) is 21.1 Å². The molecule has 0 atom stereocenters. The molecule has 0 aromatic carbocycles. The fraction of sp³-hybridized carbons (Fsp3) is 0.444. The molecule has 1 aliphatic heterocycles. The van der Waals surface area contributed by atoms with Crippen molar-refractivity contribution in [3.63, 3.8) is 0 Å². The molecule has 0 fully saturated rings. The average molecular weight is 208 g/mol. The third kappa shape index (κ3) is 1.29. The molecule has 0 spiro atoms. The lowest BCUT2D eigenvalue weighted by atomic mass is 10.3. The molecule has 80 valence electrons. The van der Waals surface area contributed by atoms with Gasteiger partial charge in [-0.3, -0.25) is 19.2 Å². The Kier molecular flexibility index (Phi) is 1.99. The SMILES string of the molecule is CN1CC(=O)N(C)c2c(cnn2C)C1=O. The molecule has 0 saturated carbocycles. The standard InChI is InChI=1S/C9H12N4O2/c1-11-5-7(14)12(2)8-6(9(11)15)4-10-13(8)3/h4H,5H2,1-3H3. The second kappa shape index (κ2) is 3.08. The Hall–Kier alpha value is -1.85. The predicted octanol–water partition coefficient (Wildman–Crippen LogP) is -0.532. The molecule has 1 aromatic rings. The summed E-state index contributed by atoms with van der Waals surface area (Å²) in [6.45, 7) is 0.101. The molecule has 0 unspecified atom stereocenters. The molecule has 2 rings (SSSR count). The Morgan fingerprint density at radius 2 is 1.93 bits per heavy atom. The molecule has 0 aliphatic carbocycles. The first-order chi connectivity index (χ1) is 7.02. The van der Waals surface area contributed by atoms with Crippen molar-refractivity contribution in [2.45, 2.75) is 0 Å². The van der Waals surface area contributed by atoms with Crippen LogP contribution >= 0.6 is 0 Å². The highest BCUT2D eigenvalue weighted by Crippen LogP contribution is 2.22. The number of hydrogen-bond donors (Lipinski definition) is 0. The summed E-state index contributed by atoms with van der Waals surface area (Å²) >= 11 is 0. The summed E-state index contributed by atoms with van der Waals surface area (Å²) in [6, 6.07) is 0. The van der Waals surface area contributed by atoms with Crippen LogP contribution in [0.15, 0.2) is 6.20 Å². The van der Waals surface area contributed by atoms with Crippen molar-refractivity contribution in [2.24, 2.45) is 7.05 Å². The first-order valence-corrected chi connectivity index (χ1v) is 4.56. The number of fused-ring (bicyclic) bond motifs is 1. The van der Waals surface area contributed by atoms with Gasteiger partial charge in [0.25, 0.3) is 5.91 Å². The van der Waals surface area contributed by atoms with Crippen LogP contribution in [0.1, 0.15) is 10.4 Å². The molecule has 6 heteroatoms. The largest absolute Gasteiger partial charge is 0.332 e. The number of likely N-dealkylation sites (N-methyl/N-ethyl adjacent to an activating group) is 2. The van der Waals surface area contributed by atoms with Crippen molar-refractivity contribution >= 4 is 17.6 Å². The van der Waals surface area contributed by atoms with Gasteiger partial charge in [-0.05, 0) is 0 Å². The van der Waals surface area contributed by atoms with Crippen molar-refractivity contribution < 1.29 is 9.59 Å². The zero-order valence-electron chi connectivity index (χ0n) is 8.89. The van der Waals surface area contributed by atoms with E-state index < -0.39 is 0 Å². The van der Waals surface area contributed by atoms with E-state index in [0.29, 0.717) is 11.4 Å². The van der Waals surface area contributed by atoms with E-state index in [1.165, 1.54) is 20.7 Å². The minimum Gasteiger partial charge on any atom is -0.332 e. The number of amides is 2. The Balaban J connectivity index is 2.61. The van der Waals surface area contributed by atoms with E-state index in [1.54, 1.807) is 21.1 Å². The summed E-state index contributed by atoms with van der Waals surface area (Å²) < 4.78 is 1.53. The number of rotatable bonds is 0. The Morgan fingerprint density at radius 3 is 2.60 bits per heavy atom. The number of nitrogens with zero attached hydrogens (tertiary/aromatic N) is 4. The van der Waals surface area contributed by atoms with Gasteiger partial charge in [-0.1, -0.05) is 0 Å². The molecule has 2 heterocycles. The van der Waals surface area contributed by atoms with E-state index in [-0.39, 0.29) is 18.4 Å². The maximum atomic E-state index is 11.8. The number of hydrogen-bond acceptors (Lipinski definition) is 3. The van der Waals surface area contributed by atoms with Crippen molar-refractivity contribution in [3.8, 4) is 0 Å². The monoisotopic (exact) mass is 208 g/mol. The van der Waals surface area contributed by atoms with E-state index in [4.69, 9.17) is 0 Å². The second-order valence-corrected chi connectivity index (χ2v) is 3.62.